The summed E-state index contributed by atoms with van der Waals surface area (Å²) in [7, 11) is 1.44. The van der Waals surface area contributed by atoms with Crippen molar-refractivity contribution in [2.75, 3.05) is 20.1 Å². The Bertz CT molecular complexity index is 1100. The first-order chi connectivity index (χ1) is 20.6. The maximum Gasteiger partial charge on any atom is 0.308 e. The minimum absolute atomic E-state index is 0.158. The minimum atomic E-state index is -1.47. The molecule has 2 heterocycles. The number of aliphatic carboxylic acids is 1. The van der Waals surface area contributed by atoms with Crippen LogP contribution in [0.3, 0.4) is 0 Å². The quantitative estimate of drug-likeness (QED) is 0.304. The Labute approximate surface area is 259 Å². The minimum Gasteiger partial charge on any atom is -0.481 e. The van der Waals surface area contributed by atoms with E-state index in [2.05, 4.69) is 16.0 Å². The van der Waals surface area contributed by atoms with E-state index < -0.39 is 77.7 Å². The molecule has 0 bridgehead atoms. The van der Waals surface area contributed by atoms with E-state index >= 15 is 0 Å². The predicted molar refractivity (Wildman–Crippen MR) is 159 cm³/mol. The highest BCUT2D eigenvalue weighted by Crippen LogP contribution is 2.23. The molecule has 0 radical (unpaired) electrons. The van der Waals surface area contributed by atoms with Crippen LogP contribution >= 0.6 is 0 Å². The summed E-state index contributed by atoms with van der Waals surface area (Å²) in [4.78, 5) is 94.3. The molecule has 0 aromatic rings. The molecule has 2 aliphatic heterocycles. The summed E-state index contributed by atoms with van der Waals surface area (Å²) < 4.78 is 5.46. The lowest BCUT2D eigenvalue weighted by Crippen LogP contribution is -2.61. The van der Waals surface area contributed by atoms with E-state index in [0.717, 1.165) is 0 Å². The third-order valence-corrected chi connectivity index (χ3v) is 8.59. The molecule has 5 amide bonds. The van der Waals surface area contributed by atoms with Gasteiger partial charge in [0.1, 0.15) is 24.2 Å². The zero-order chi connectivity index (χ0) is 33.3. The first kappa shape index (κ1) is 36.5. The molecule has 14 heteroatoms. The molecule has 7 atom stereocenters. The van der Waals surface area contributed by atoms with Crippen LogP contribution in [-0.4, -0.2) is 107 Å². The zero-order valence-corrected chi connectivity index (χ0v) is 26.9. The molecule has 2 saturated heterocycles. The highest BCUT2D eigenvalue weighted by Gasteiger charge is 2.41. The van der Waals surface area contributed by atoms with Crippen LogP contribution in [0.4, 0.5) is 0 Å². The van der Waals surface area contributed by atoms with E-state index in [1.807, 2.05) is 6.92 Å². The molecule has 2 rings (SSSR count). The number of piperidine rings is 1. The number of carbonyl (C=O) groups excluding carboxylic acids is 6. The number of amides is 5. The molecule has 14 nitrogen and oxygen atoms in total. The number of nitrogens with one attached hydrogen (secondary N) is 3. The number of carboxylic acid groups (broad SMARTS) is 1. The largest absolute Gasteiger partial charge is 0.481 e. The van der Waals surface area contributed by atoms with E-state index in [-0.39, 0.29) is 37.8 Å². The lowest BCUT2D eigenvalue weighted by molar-refractivity contribution is -0.165. The van der Waals surface area contributed by atoms with Gasteiger partial charge in [-0.3, -0.25) is 33.6 Å². The van der Waals surface area contributed by atoms with Gasteiger partial charge in [0.05, 0.1) is 12.3 Å². The van der Waals surface area contributed by atoms with Crippen LogP contribution in [0.5, 0.6) is 0 Å². The van der Waals surface area contributed by atoms with Gasteiger partial charge in [0.25, 0.3) is 5.91 Å². The second-order valence-corrected chi connectivity index (χ2v) is 12.3. The summed E-state index contributed by atoms with van der Waals surface area (Å²) in [6.07, 6.45) is -0.0651. The summed E-state index contributed by atoms with van der Waals surface area (Å²) in [5, 5.41) is 17.6. The second kappa shape index (κ2) is 16.4. The number of rotatable bonds is 6. The molecule has 0 spiro atoms. The average Bonchev–Trinajstić information content (AvgIpc) is 2.99. The number of cyclic esters (lactones) is 1. The number of carboxylic acids is 1. The predicted octanol–water partition coefficient (Wildman–Crippen LogP) is 0.429. The molecule has 2 fully saturated rings. The fourth-order valence-corrected chi connectivity index (χ4v) is 5.22. The van der Waals surface area contributed by atoms with Crippen molar-refractivity contribution in [1.29, 1.82) is 0 Å². The third-order valence-electron chi connectivity index (χ3n) is 8.59. The summed E-state index contributed by atoms with van der Waals surface area (Å²) in [6, 6.07) is -3.96. The van der Waals surface area contributed by atoms with Crippen molar-refractivity contribution in [3.8, 4) is 0 Å². The van der Waals surface area contributed by atoms with Crippen molar-refractivity contribution < 1.29 is 43.4 Å². The standard InChI is InChI=1S/C30H49N5O9/c1-8-17(4)24-27(39)32-23(16(2)3)29(41)34(7)19(6)25(37)31-13-12-22(36)44-21(15-18(5)30(42)43)28(40)35-14-10-9-11-20(35)26(38)33-24/h16-21,23-24H,8-15H2,1-7H3,(H,31,37)(H,32,39)(H,33,38)(H,42,43)/t17?,18?,19-,20?,21?,23?,24-/m0/s1. The first-order valence-corrected chi connectivity index (χ1v) is 15.5. The highest BCUT2D eigenvalue weighted by atomic mass is 16.5. The number of nitrogens with zero attached hydrogens (tertiary/aromatic N) is 2. The van der Waals surface area contributed by atoms with Gasteiger partial charge >= 0.3 is 11.9 Å². The maximum absolute atomic E-state index is 13.8. The number of hydrogen-bond donors (Lipinski definition) is 4. The molecule has 0 aromatic heterocycles. The van der Waals surface area contributed by atoms with Crippen LogP contribution in [0.25, 0.3) is 0 Å². The lowest BCUT2D eigenvalue weighted by atomic mass is 9.94. The van der Waals surface area contributed by atoms with Crippen molar-refractivity contribution in [2.45, 2.75) is 110 Å². The molecule has 2 aliphatic rings. The van der Waals surface area contributed by atoms with Crippen LogP contribution in [0.1, 0.15) is 80.1 Å². The van der Waals surface area contributed by atoms with Crippen molar-refractivity contribution in [3.05, 3.63) is 0 Å². The number of fused-ring (bicyclic) bond motifs is 1. The molecule has 248 valence electrons. The molecular weight excluding hydrogens is 574 g/mol. The molecule has 4 N–H and O–H groups in total. The molecule has 5 unspecified atom stereocenters. The van der Waals surface area contributed by atoms with Gasteiger partial charge in [0, 0.05) is 26.6 Å². The van der Waals surface area contributed by atoms with Crippen molar-refractivity contribution in [1.82, 2.24) is 25.8 Å². The number of esters is 1. The van der Waals surface area contributed by atoms with Crippen LogP contribution < -0.4 is 16.0 Å². The fraction of sp³-hybridized carbons (Fsp3) is 0.767. The lowest BCUT2D eigenvalue weighted by Gasteiger charge is -2.38. The Hall–Kier alpha value is -3.71. The van der Waals surface area contributed by atoms with Crippen molar-refractivity contribution in [2.24, 2.45) is 17.8 Å². The van der Waals surface area contributed by atoms with Crippen molar-refractivity contribution in [3.63, 3.8) is 0 Å². The Morgan fingerprint density at radius 1 is 0.955 bits per heavy atom. The van der Waals surface area contributed by atoms with Crippen LogP contribution in [0.15, 0.2) is 0 Å². The van der Waals surface area contributed by atoms with Gasteiger partial charge in [-0.1, -0.05) is 41.0 Å². The first-order valence-electron chi connectivity index (χ1n) is 15.5. The number of likely N-dealkylation sites (N-methyl/N-ethyl adjacent to an activating group) is 1. The summed E-state index contributed by atoms with van der Waals surface area (Å²) >= 11 is 0. The maximum atomic E-state index is 13.8. The van der Waals surface area contributed by atoms with Crippen LogP contribution in [0.2, 0.25) is 0 Å². The number of carbonyl (C=O) groups is 7. The second-order valence-electron chi connectivity index (χ2n) is 12.3. The molecule has 44 heavy (non-hydrogen) atoms. The average molecular weight is 624 g/mol. The summed E-state index contributed by atoms with van der Waals surface area (Å²) in [5.41, 5.74) is 0. The fourth-order valence-electron chi connectivity index (χ4n) is 5.22. The van der Waals surface area contributed by atoms with Gasteiger partial charge in [-0.25, -0.2) is 0 Å². The van der Waals surface area contributed by atoms with Gasteiger partial charge in [0.2, 0.25) is 23.6 Å². The molecule has 0 saturated carbocycles. The van der Waals surface area contributed by atoms with Crippen LogP contribution in [0, 0.1) is 17.8 Å². The highest BCUT2D eigenvalue weighted by molar-refractivity contribution is 5.96. The smallest absolute Gasteiger partial charge is 0.308 e. The van der Waals surface area contributed by atoms with Crippen LogP contribution in [-0.2, 0) is 38.3 Å². The van der Waals surface area contributed by atoms with Gasteiger partial charge in [0.15, 0.2) is 6.10 Å². The Morgan fingerprint density at radius 3 is 2.18 bits per heavy atom. The van der Waals surface area contributed by atoms with Crippen molar-refractivity contribution >= 4 is 41.5 Å². The zero-order valence-electron chi connectivity index (χ0n) is 26.9. The van der Waals surface area contributed by atoms with Gasteiger partial charge in [-0.05, 0) is 38.0 Å². The third kappa shape index (κ3) is 9.39. The SMILES string of the molecule is CCC(C)[C@@H]1NC(=O)C2CCCCN2C(=O)C(CC(C)C(=O)O)OC(=O)CCNC(=O)[C@H](C)N(C)C(=O)C(C(C)C)NC1=O. The van der Waals surface area contributed by atoms with Gasteiger partial charge < -0.3 is 35.6 Å². The Morgan fingerprint density at radius 2 is 1.59 bits per heavy atom. The normalized spacial score (nSPS) is 28.4. The molecule has 0 aromatic carbocycles. The topological polar surface area (TPSA) is 192 Å². The molecular formula is C30H49N5O9. The van der Waals surface area contributed by atoms with E-state index in [0.29, 0.717) is 25.7 Å². The summed E-state index contributed by atoms with van der Waals surface area (Å²) in [5.74, 6) is -6.61. The van der Waals surface area contributed by atoms with E-state index in [1.54, 1.807) is 20.8 Å². The monoisotopic (exact) mass is 623 g/mol. The Kier molecular flexibility index (Phi) is 13.6. The van der Waals surface area contributed by atoms with Gasteiger partial charge in [-0.2, -0.15) is 0 Å². The van der Waals surface area contributed by atoms with Gasteiger partial charge in [-0.15, -0.1) is 0 Å². The van der Waals surface area contributed by atoms with E-state index in [4.69, 9.17) is 4.74 Å². The number of ether oxygens (including phenoxy) is 1. The van der Waals surface area contributed by atoms with E-state index in [9.17, 15) is 38.7 Å². The molecule has 0 aliphatic carbocycles. The van der Waals surface area contributed by atoms with E-state index in [1.165, 1.54) is 30.7 Å². The summed E-state index contributed by atoms with van der Waals surface area (Å²) in [6.45, 7) is 10.1. The Balaban J connectivity index is 2.54. The number of hydrogen-bond acceptors (Lipinski definition) is 8.